The number of allylic oxidation sites excluding steroid dienone is 1. The van der Waals surface area contributed by atoms with Gasteiger partial charge in [0.1, 0.15) is 0 Å². The van der Waals surface area contributed by atoms with Crippen LogP contribution in [-0.4, -0.2) is 0 Å². The second-order valence-corrected chi connectivity index (χ2v) is 5.02. The molecular weight excluding hydrogens is 180 g/mol. The van der Waals surface area contributed by atoms with Crippen LogP contribution in [0.2, 0.25) is 0 Å². The molecule has 0 nitrogen and oxygen atoms in total. The van der Waals surface area contributed by atoms with Gasteiger partial charge in [0.05, 0.1) is 1.37 Å². The first-order valence-corrected chi connectivity index (χ1v) is 5.99. The molecule has 0 N–H and O–H groups in total. The summed E-state index contributed by atoms with van der Waals surface area (Å²) in [4.78, 5) is 0. The van der Waals surface area contributed by atoms with Crippen LogP contribution in [0.3, 0.4) is 0 Å². The van der Waals surface area contributed by atoms with Crippen molar-refractivity contribution in [2.45, 2.75) is 31.6 Å². The molecule has 0 spiro atoms. The molecule has 2 saturated carbocycles. The minimum atomic E-state index is 0.349. The van der Waals surface area contributed by atoms with E-state index in [4.69, 9.17) is 1.37 Å². The highest BCUT2D eigenvalue weighted by molar-refractivity contribution is 5.37. The molecular formula is C15H18. The van der Waals surface area contributed by atoms with Crippen LogP contribution in [0.5, 0.6) is 0 Å². The Bertz CT molecular complexity index is 395. The first-order chi connectivity index (χ1) is 7.88. The number of hydrogen-bond donors (Lipinski definition) is 0. The molecule has 3 atom stereocenters. The molecule has 2 aliphatic rings. The Kier molecular flexibility index (Phi) is 1.75. The normalized spacial score (nSPS) is 39.9. The van der Waals surface area contributed by atoms with Gasteiger partial charge in [0.2, 0.25) is 0 Å². The van der Waals surface area contributed by atoms with Gasteiger partial charge in [-0.25, -0.2) is 0 Å². The summed E-state index contributed by atoms with van der Waals surface area (Å²) in [6.45, 7) is 1.52. The maximum atomic E-state index is 7.36. The Morgan fingerprint density at radius 1 is 1.33 bits per heavy atom. The van der Waals surface area contributed by atoms with Crippen molar-refractivity contribution >= 4 is 0 Å². The minimum absolute atomic E-state index is 0.349. The van der Waals surface area contributed by atoms with Crippen LogP contribution in [0.15, 0.2) is 43.0 Å². The van der Waals surface area contributed by atoms with E-state index in [2.05, 4.69) is 36.4 Å². The van der Waals surface area contributed by atoms with Crippen molar-refractivity contribution in [2.24, 2.45) is 11.3 Å². The summed E-state index contributed by atoms with van der Waals surface area (Å²) in [6, 6.07) is 10.9. The summed E-state index contributed by atoms with van der Waals surface area (Å²) < 4.78 is 7.36. The first-order valence-electron chi connectivity index (χ1n) is 6.57. The predicted octanol–water partition coefficient (Wildman–Crippen LogP) is 4.15. The van der Waals surface area contributed by atoms with E-state index in [0.717, 1.165) is 5.92 Å². The van der Waals surface area contributed by atoms with Gasteiger partial charge in [0.25, 0.3) is 0 Å². The van der Waals surface area contributed by atoms with E-state index >= 15 is 0 Å². The van der Waals surface area contributed by atoms with Crippen molar-refractivity contribution in [3.63, 3.8) is 0 Å². The summed E-state index contributed by atoms with van der Waals surface area (Å²) in [5, 5.41) is 0. The molecule has 2 aliphatic carbocycles. The van der Waals surface area contributed by atoms with E-state index in [1.807, 2.05) is 0 Å². The summed E-state index contributed by atoms with van der Waals surface area (Å²) in [7, 11) is 0. The van der Waals surface area contributed by atoms with E-state index in [0.29, 0.717) is 11.3 Å². The van der Waals surface area contributed by atoms with E-state index in [1.165, 1.54) is 37.8 Å². The van der Waals surface area contributed by atoms with E-state index in [1.54, 1.807) is 0 Å². The minimum Gasteiger partial charge on any atom is -0.102 e. The number of fused-ring (bicyclic) bond motifs is 1. The quantitative estimate of drug-likeness (QED) is 0.628. The molecule has 0 heterocycles. The lowest BCUT2D eigenvalue weighted by Gasteiger charge is -2.17. The molecule has 0 bridgehead atoms. The molecule has 3 rings (SSSR count). The van der Waals surface area contributed by atoms with Gasteiger partial charge in [0.15, 0.2) is 0 Å². The molecule has 0 heteroatoms. The Morgan fingerprint density at radius 2 is 2.20 bits per heavy atom. The van der Waals surface area contributed by atoms with Crippen molar-refractivity contribution in [1.82, 2.24) is 0 Å². The molecule has 1 aromatic carbocycles. The standard InChI is InChI=1S/C15H18/c1-2-15-11-7-6-10-13(15)14(15)12-8-4-3-5-9-12/h2-5,8-9,13-14H,1,6-7,10-11H2/t13-,14-,15-/m1/s1/i1D. The molecule has 0 aromatic heterocycles. The molecule has 0 radical (unpaired) electrons. The Morgan fingerprint density at radius 3 is 3.00 bits per heavy atom. The highest BCUT2D eigenvalue weighted by Gasteiger charge is 2.62. The predicted molar refractivity (Wildman–Crippen MR) is 63.8 cm³/mol. The Hall–Kier alpha value is -1.04. The third-order valence-corrected chi connectivity index (χ3v) is 4.41. The van der Waals surface area contributed by atoms with Crippen LogP contribution in [-0.2, 0) is 0 Å². The molecule has 78 valence electrons. The Balaban J connectivity index is 1.93. The lowest BCUT2D eigenvalue weighted by molar-refractivity contribution is 0.403. The number of rotatable bonds is 2. The average molecular weight is 199 g/mol. The van der Waals surface area contributed by atoms with E-state index in [-0.39, 0.29) is 0 Å². The largest absolute Gasteiger partial charge is 0.102 e. The summed E-state index contributed by atoms with van der Waals surface area (Å²) in [6.07, 6.45) is 7.51. The van der Waals surface area contributed by atoms with Crippen molar-refractivity contribution in [1.29, 1.82) is 0 Å². The third-order valence-electron chi connectivity index (χ3n) is 4.41. The SMILES string of the molecule is [2H]C=C[C@@]12CCCC[C@@H]1[C@H]2c1ccccc1. The zero-order chi connectivity index (χ0) is 11.0. The van der Waals surface area contributed by atoms with Gasteiger partial charge in [-0.05, 0) is 35.7 Å². The first kappa shape index (κ1) is 8.15. The highest BCUT2D eigenvalue weighted by atomic mass is 14.7. The molecule has 1 aromatic rings. The van der Waals surface area contributed by atoms with Crippen molar-refractivity contribution in [3.05, 3.63) is 48.5 Å². The highest BCUT2D eigenvalue weighted by Crippen LogP contribution is 2.71. The number of benzene rings is 1. The Labute approximate surface area is 93.4 Å². The van der Waals surface area contributed by atoms with E-state index in [9.17, 15) is 0 Å². The molecule has 2 fully saturated rings. The summed E-state index contributed by atoms with van der Waals surface area (Å²) in [5.41, 5.74) is 1.83. The number of hydrogen-bond acceptors (Lipinski definition) is 0. The van der Waals surface area contributed by atoms with Crippen LogP contribution in [0.4, 0.5) is 0 Å². The van der Waals surface area contributed by atoms with Gasteiger partial charge >= 0.3 is 0 Å². The van der Waals surface area contributed by atoms with Gasteiger partial charge in [-0.1, -0.05) is 49.2 Å². The smallest absolute Gasteiger partial charge is 0.0535 e. The van der Waals surface area contributed by atoms with Crippen LogP contribution in [0.1, 0.15) is 38.5 Å². The lowest BCUT2D eigenvalue weighted by Crippen LogP contribution is -2.05. The molecule has 0 saturated heterocycles. The van der Waals surface area contributed by atoms with Gasteiger partial charge in [0, 0.05) is 0 Å². The lowest BCUT2D eigenvalue weighted by atomic mass is 9.88. The average Bonchev–Trinajstić information content (AvgIpc) is 2.99. The molecule has 15 heavy (non-hydrogen) atoms. The molecule has 0 aliphatic heterocycles. The summed E-state index contributed by atoms with van der Waals surface area (Å²) in [5.74, 6) is 1.50. The van der Waals surface area contributed by atoms with Gasteiger partial charge in [-0.2, -0.15) is 0 Å². The second kappa shape index (κ2) is 3.23. The zero-order valence-electron chi connectivity index (χ0n) is 10.0. The fraction of sp³-hybridized carbons (Fsp3) is 0.467. The molecule has 0 amide bonds. The van der Waals surface area contributed by atoms with Crippen LogP contribution < -0.4 is 0 Å². The molecule has 0 unspecified atom stereocenters. The van der Waals surface area contributed by atoms with Gasteiger partial charge < -0.3 is 0 Å². The maximum Gasteiger partial charge on any atom is 0.0535 e. The third kappa shape index (κ3) is 1.20. The van der Waals surface area contributed by atoms with Gasteiger partial charge in [-0.15, -0.1) is 6.55 Å². The summed E-state index contributed by atoms with van der Waals surface area (Å²) >= 11 is 0. The van der Waals surface area contributed by atoms with Crippen molar-refractivity contribution in [2.75, 3.05) is 0 Å². The fourth-order valence-corrected chi connectivity index (χ4v) is 3.63. The van der Waals surface area contributed by atoms with Crippen molar-refractivity contribution in [3.8, 4) is 0 Å². The fourth-order valence-electron chi connectivity index (χ4n) is 3.63. The van der Waals surface area contributed by atoms with Crippen LogP contribution >= 0.6 is 0 Å². The maximum absolute atomic E-state index is 7.36. The monoisotopic (exact) mass is 199 g/mol. The van der Waals surface area contributed by atoms with Crippen LogP contribution in [0.25, 0.3) is 0 Å². The van der Waals surface area contributed by atoms with Crippen molar-refractivity contribution < 1.29 is 1.37 Å². The van der Waals surface area contributed by atoms with E-state index < -0.39 is 0 Å². The van der Waals surface area contributed by atoms with Gasteiger partial charge in [-0.3, -0.25) is 0 Å². The zero-order valence-corrected chi connectivity index (χ0v) is 9.02. The second-order valence-electron chi connectivity index (χ2n) is 5.02. The van der Waals surface area contributed by atoms with Crippen LogP contribution in [0, 0.1) is 11.3 Å². The topological polar surface area (TPSA) is 0 Å².